The Bertz CT molecular complexity index is 740. The summed E-state index contributed by atoms with van der Waals surface area (Å²) in [5.41, 5.74) is 4.92. The normalized spacial score (nSPS) is 35.7. The highest BCUT2D eigenvalue weighted by atomic mass is 16.5. The molecule has 0 aromatic heterocycles. The van der Waals surface area contributed by atoms with Crippen LogP contribution >= 0.6 is 0 Å². The lowest BCUT2D eigenvalue weighted by Crippen LogP contribution is -2.43. The van der Waals surface area contributed by atoms with E-state index in [1.165, 1.54) is 36.8 Å². The van der Waals surface area contributed by atoms with Crippen molar-refractivity contribution in [2.24, 2.45) is 23.2 Å². The second kappa shape index (κ2) is 7.84. The van der Waals surface area contributed by atoms with Gasteiger partial charge in [0.1, 0.15) is 5.75 Å². The smallest absolute Gasteiger partial charge is 0.115 e. The van der Waals surface area contributed by atoms with Crippen LogP contribution in [-0.4, -0.2) is 43.9 Å². The van der Waals surface area contributed by atoms with Gasteiger partial charge in [0.2, 0.25) is 0 Å². The molecular weight excluding hydrogens is 346 g/mol. The molecule has 1 aromatic carbocycles. The van der Waals surface area contributed by atoms with Crippen LogP contribution in [0.2, 0.25) is 0 Å². The van der Waals surface area contributed by atoms with Crippen molar-refractivity contribution in [2.75, 3.05) is 33.9 Å². The fourth-order valence-corrected chi connectivity index (χ4v) is 6.64. The van der Waals surface area contributed by atoms with Crippen molar-refractivity contribution in [3.8, 4) is 5.75 Å². The van der Waals surface area contributed by atoms with Gasteiger partial charge in [-0.05, 0) is 98.5 Å². The molecule has 4 unspecified atom stereocenters. The maximum Gasteiger partial charge on any atom is 0.115 e. The second-order valence-corrected chi connectivity index (χ2v) is 9.96. The summed E-state index contributed by atoms with van der Waals surface area (Å²) in [5, 5.41) is 9.93. The Balaban J connectivity index is 1.50. The quantitative estimate of drug-likeness (QED) is 0.574. The lowest BCUT2D eigenvalue weighted by Gasteiger charge is -2.52. The lowest BCUT2D eigenvalue weighted by molar-refractivity contribution is 0.0484. The van der Waals surface area contributed by atoms with Gasteiger partial charge in [0.05, 0.1) is 13.2 Å². The zero-order valence-corrected chi connectivity index (χ0v) is 18.1. The Morgan fingerprint density at radius 1 is 1.29 bits per heavy atom. The predicted octanol–water partition coefficient (Wildman–Crippen LogP) is 5.00. The van der Waals surface area contributed by atoms with Gasteiger partial charge in [0, 0.05) is 6.54 Å². The van der Waals surface area contributed by atoms with Gasteiger partial charge < -0.3 is 14.7 Å². The van der Waals surface area contributed by atoms with Crippen LogP contribution in [0.1, 0.15) is 56.6 Å². The molecule has 28 heavy (non-hydrogen) atoms. The highest BCUT2D eigenvalue weighted by Crippen LogP contribution is 2.63. The highest BCUT2D eigenvalue weighted by molar-refractivity contribution is 5.41. The van der Waals surface area contributed by atoms with Gasteiger partial charge in [-0.2, -0.15) is 0 Å². The number of hydrogen-bond acceptors (Lipinski definition) is 3. The number of likely N-dealkylation sites (N-methyl/N-ethyl adjacent to an activating group) is 1. The van der Waals surface area contributed by atoms with Crippen LogP contribution < -0.4 is 0 Å². The highest BCUT2D eigenvalue weighted by Gasteiger charge is 2.54. The number of aromatic hydroxyl groups is 1. The maximum absolute atomic E-state index is 9.93. The first kappa shape index (κ1) is 20.0. The molecule has 1 aromatic rings. The van der Waals surface area contributed by atoms with Crippen molar-refractivity contribution in [1.29, 1.82) is 0 Å². The number of phenolic OH excluding ortho intramolecular Hbond substituents is 1. The third kappa shape index (κ3) is 3.52. The molecule has 1 N–H and O–H groups in total. The average Bonchev–Trinajstić information content (AvgIpc) is 2.97. The molecule has 0 bridgehead atoms. The first-order chi connectivity index (χ1) is 13.4. The minimum Gasteiger partial charge on any atom is -0.508 e. The van der Waals surface area contributed by atoms with Crippen LogP contribution in [0.4, 0.5) is 0 Å². The topological polar surface area (TPSA) is 32.7 Å². The number of rotatable bonds is 5. The Labute approximate surface area is 170 Å². The van der Waals surface area contributed by atoms with E-state index in [0.29, 0.717) is 23.0 Å². The number of allylic oxidation sites excluding steroid dienone is 1. The molecule has 154 valence electrons. The minimum absolute atomic E-state index is 0.356. The fraction of sp³-hybridized carbons (Fsp3) is 0.680. The first-order valence-electron chi connectivity index (χ1n) is 11.1. The number of nitrogens with zero attached hydrogens (tertiary/aromatic N) is 1. The van der Waals surface area contributed by atoms with Crippen LogP contribution in [-0.2, 0) is 11.2 Å². The number of hydrogen-bond donors (Lipinski definition) is 1. The Morgan fingerprint density at radius 2 is 2.11 bits per heavy atom. The monoisotopic (exact) mass is 383 g/mol. The largest absolute Gasteiger partial charge is 0.508 e. The van der Waals surface area contributed by atoms with Crippen LogP contribution in [0.15, 0.2) is 29.8 Å². The predicted molar refractivity (Wildman–Crippen MR) is 115 cm³/mol. The van der Waals surface area contributed by atoms with Crippen molar-refractivity contribution in [1.82, 2.24) is 4.90 Å². The molecule has 3 aliphatic rings. The van der Waals surface area contributed by atoms with Crippen molar-refractivity contribution in [3.63, 3.8) is 0 Å². The second-order valence-electron chi connectivity index (χ2n) is 9.96. The maximum atomic E-state index is 9.93. The van der Waals surface area contributed by atoms with Gasteiger partial charge in [-0.25, -0.2) is 0 Å². The summed E-state index contributed by atoms with van der Waals surface area (Å²) in [4.78, 5) is 2.17. The summed E-state index contributed by atoms with van der Waals surface area (Å²) >= 11 is 0. The third-order valence-corrected chi connectivity index (χ3v) is 8.04. The van der Waals surface area contributed by atoms with E-state index in [9.17, 15) is 5.11 Å². The van der Waals surface area contributed by atoms with E-state index in [0.717, 1.165) is 38.0 Å². The molecule has 0 radical (unpaired) electrons. The Morgan fingerprint density at radius 3 is 2.89 bits per heavy atom. The lowest BCUT2D eigenvalue weighted by atomic mass is 9.52. The van der Waals surface area contributed by atoms with Crippen molar-refractivity contribution in [3.05, 3.63) is 41.0 Å². The fourth-order valence-electron chi connectivity index (χ4n) is 6.64. The molecule has 0 aliphatic heterocycles. The summed E-state index contributed by atoms with van der Waals surface area (Å²) < 4.78 is 5.87. The zero-order valence-electron chi connectivity index (χ0n) is 18.1. The molecule has 2 fully saturated rings. The molecule has 0 heterocycles. The third-order valence-electron chi connectivity index (χ3n) is 8.04. The molecule has 4 rings (SSSR count). The van der Waals surface area contributed by atoms with Crippen LogP contribution in [0.3, 0.4) is 0 Å². The molecule has 3 nitrogen and oxygen atoms in total. The number of fused-ring (bicyclic) bond motifs is 5. The Kier molecular flexibility index (Phi) is 5.59. The van der Waals surface area contributed by atoms with Gasteiger partial charge >= 0.3 is 0 Å². The van der Waals surface area contributed by atoms with E-state index < -0.39 is 0 Å². The van der Waals surface area contributed by atoms with Crippen molar-refractivity contribution < 1.29 is 9.84 Å². The summed E-state index contributed by atoms with van der Waals surface area (Å²) in [7, 11) is 4.18. The molecule has 3 heteroatoms. The summed E-state index contributed by atoms with van der Waals surface area (Å²) in [6.45, 7) is 7.53. The average molecular weight is 384 g/mol. The molecule has 0 spiro atoms. The van der Waals surface area contributed by atoms with Gasteiger partial charge in [-0.3, -0.25) is 0 Å². The molecular formula is C25H37NO2. The van der Waals surface area contributed by atoms with Crippen LogP contribution in [0.5, 0.6) is 5.75 Å². The van der Waals surface area contributed by atoms with Crippen LogP contribution in [0.25, 0.3) is 0 Å². The van der Waals surface area contributed by atoms with Gasteiger partial charge in [-0.1, -0.05) is 31.6 Å². The van der Waals surface area contributed by atoms with E-state index in [2.05, 4.69) is 45.0 Å². The van der Waals surface area contributed by atoms with E-state index >= 15 is 0 Å². The summed E-state index contributed by atoms with van der Waals surface area (Å²) in [6.07, 6.45) is 8.67. The van der Waals surface area contributed by atoms with E-state index in [1.54, 1.807) is 5.57 Å². The van der Waals surface area contributed by atoms with E-state index in [1.807, 2.05) is 12.1 Å². The van der Waals surface area contributed by atoms with Crippen LogP contribution in [0, 0.1) is 23.2 Å². The molecule has 0 amide bonds. The SMILES string of the molecule is CC1Cc2cc(O)ccc2C2CC[C@]3(C)/C(=C/COCCN(C)C)CCC3C12. The summed E-state index contributed by atoms with van der Waals surface area (Å²) in [5.74, 6) is 3.35. The first-order valence-corrected chi connectivity index (χ1v) is 11.1. The molecule has 2 saturated carbocycles. The summed E-state index contributed by atoms with van der Waals surface area (Å²) in [6, 6.07) is 6.12. The molecule has 0 saturated heterocycles. The van der Waals surface area contributed by atoms with E-state index in [4.69, 9.17) is 4.74 Å². The van der Waals surface area contributed by atoms with Crippen molar-refractivity contribution in [2.45, 2.75) is 51.9 Å². The Hall–Kier alpha value is -1.32. The van der Waals surface area contributed by atoms with Gasteiger partial charge in [-0.15, -0.1) is 0 Å². The van der Waals surface area contributed by atoms with E-state index in [-0.39, 0.29) is 0 Å². The van der Waals surface area contributed by atoms with Crippen molar-refractivity contribution >= 4 is 0 Å². The van der Waals surface area contributed by atoms with Gasteiger partial charge in [0.15, 0.2) is 0 Å². The number of ether oxygens (including phenoxy) is 1. The zero-order chi connectivity index (χ0) is 19.9. The van der Waals surface area contributed by atoms with Gasteiger partial charge in [0.25, 0.3) is 0 Å². The molecule has 3 aliphatic carbocycles. The number of phenols is 1. The minimum atomic E-state index is 0.356. The standard InChI is InChI=1S/C25H37NO2/c1-17-15-18-16-20(27)6-7-21(18)22-9-11-25(2)19(5-8-23(25)24(17)22)10-13-28-14-12-26(3)4/h6-7,10,16-17,22-24,27H,5,8-9,11-15H2,1-4H3/b19-10+/t17?,22?,23?,24?,25-/m1/s1. The molecule has 5 atom stereocenters. The number of benzene rings is 1.